The van der Waals surface area contributed by atoms with E-state index in [0.717, 1.165) is 72.0 Å². The molecular formula is C30H38N6. The summed E-state index contributed by atoms with van der Waals surface area (Å²) in [6.07, 6.45) is 9.02. The van der Waals surface area contributed by atoms with Crippen molar-refractivity contribution in [3.63, 3.8) is 0 Å². The molecule has 3 aliphatic rings. The van der Waals surface area contributed by atoms with Crippen LogP contribution in [0.2, 0.25) is 0 Å². The third-order valence-electron chi connectivity index (χ3n) is 8.30. The summed E-state index contributed by atoms with van der Waals surface area (Å²) in [5.74, 6) is 1.84. The molecule has 2 atom stereocenters. The molecule has 0 radical (unpaired) electrons. The monoisotopic (exact) mass is 482 g/mol. The van der Waals surface area contributed by atoms with E-state index in [0.29, 0.717) is 6.04 Å². The van der Waals surface area contributed by atoms with Crippen LogP contribution in [0.3, 0.4) is 0 Å². The SMILES string of the molecule is C=C(c1cnc(C)c(N=C(c2cc3cccnc3n2CC2CC2)C(C)C)c1)N1CC[C@H]2CCN[C@H]2C1. The van der Waals surface area contributed by atoms with Crippen LogP contribution < -0.4 is 5.32 Å². The fourth-order valence-corrected chi connectivity index (χ4v) is 5.91. The van der Waals surface area contributed by atoms with Crippen LogP contribution in [-0.2, 0) is 6.54 Å². The van der Waals surface area contributed by atoms with Crippen molar-refractivity contribution in [1.29, 1.82) is 0 Å². The Bertz CT molecular complexity index is 1310. The molecular weight excluding hydrogens is 444 g/mol. The molecule has 5 heterocycles. The number of aryl methyl sites for hydroxylation is 1. The first kappa shape index (κ1) is 23.4. The molecule has 0 aromatic carbocycles. The third kappa shape index (κ3) is 4.47. The van der Waals surface area contributed by atoms with Crippen molar-refractivity contribution in [2.24, 2.45) is 22.7 Å². The molecule has 1 aliphatic carbocycles. The van der Waals surface area contributed by atoms with Gasteiger partial charge < -0.3 is 14.8 Å². The first-order chi connectivity index (χ1) is 17.5. The molecule has 3 aromatic rings. The topological polar surface area (TPSA) is 58.3 Å². The maximum atomic E-state index is 5.29. The lowest BCUT2D eigenvalue weighted by molar-refractivity contribution is 0.231. The number of nitrogens with one attached hydrogen (secondary N) is 1. The highest BCUT2D eigenvalue weighted by molar-refractivity contribution is 6.05. The Hall–Kier alpha value is -2.99. The molecule has 2 saturated heterocycles. The smallest absolute Gasteiger partial charge is 0.140 e. The van der Waals surface area contributed by atoms with Gasteiger partial charge in [0, 0.05) is 54.7 Å². The number of fused-ring (bicyclic) bond motifs is 2. The molecule has 6 heteroatoms. The zero-order chi connectivity index (χ0) is 24.8. The summed E-state index contributed by atoms with van der Waals surface area (Å²) in [6, 6.07) is 9.22. The summed E-state index contributed by atoms with van der Waals surface area (Å²) < 4.78 is 2.40. The van der Waals surface area contributed by atoms with Gasteiger partial charge in [-0.3, -0.25) is 4.98 Å². The van der Waals surface area contributed by atoms with Crippen LogP contribution in [0, 0.1) is 24.7 Å². The minimum atomic E-state index is 0.269. The van der Waals surface area contributed by atoms with Crippen molar-refractivity contribution in [2.45, 2.75) is 59.0 Å². The molecule has 0 bridgehead atoms. The molecule has 36 heavy (non-hydrogen) atoms. The maximum absolute atomic E-state index is 5.29. The minimum absolute atomic E-state index is 0.269. The highest BCUT2D eigenvalue weighted by Gasteiger charge is 2.33. The molecule has 1 saturated carbocycles. The number of likely N-dealkylation sites (tertiary alicyclic amines) is 1. The van der Waals surface area contributed by atoms with Crippen molar-refractivity contribution in [3.8, 4) is 0 Å². The van der Waals surface area contributed by atoms with E-state index >= 15 is 0 Å². The standard InChI is InChI=1S/C30H38N6/c1-19(2)29(28-15-24-6-5-11-32-30(24)36(28)17-22-7-8-22)34-26-14-25(16-33-20(26)3)21(4)35-13-10-23-9-12-31-27(23)18-35/h5-6,11,14-16,19,22-23,27,31H,4,7-10,12-13,17-18H2,1-3H3/t23-,27+/m1/s1. The number of aliphatic imine (C=N–C) groups is 1. The van der Waals surface area contributed by atoms with Gasteiger partial charge in [0.1, 0.15) is 5.65 Å². The predicted molar refractivity (Wildman–Crippen MR) is 148 cm³/mol. The second kappa shape index (κ2) is 9.47. The fourth-order valence-electron chi connectivity index (χ4n) is 5.91. The first-order valence-corrected chi connectivity index (χ1v) is 13.7. The van der Waals surface area contributed by atoms with E-state index in [4.69, 9.17) is 15.0 Å². The average molecular weight is 483 g/mol. The van der Waals surface area contributed by atoms with E-state index in [1.807, 2.05) is 18.5 Å². The van der Waals surface area contributed by atoms with Gasteiger partial charge in [-0.1, -0.05) is 20.4 Å². The minimum Gasteiger partial charge on any atom is -0.370 e. The summed E-state index contributed by atoms with van der Waals surface area (Å²) in [7, 11) is 0. The van der Waals surface area contributed by atoms with Gasteiger partial charge in [-0.2, -0.15) is 0 Å². The first-order valence-electron chi connectivity index (χ1n) is 13.7. The summed E-state index contributed by atoms with van der Waals surface area (Å²) in [5.41, 5.74) is 7.35. The molecule has 0 amide bonds. The number of hydrogen-bond acceptors (Lipinski definition) is 5. The molecule has 2 aliphatic heterocycles. The van der Waals surface area contributed by atoms with Crippen molar-refractivity contribution >= 4 is 28.1 Å². The van der Waals surface area contributed by atoms with E-state index in [2.05, 4.69) is 60.3 Å². The van der Waals surface area contributed by atoms with E-state index in [1.165, 1.54) is 36.8 Å². The quantitative estimate of drug-likeness (QED) is 0.447. The lowest BCUT2D eigenvalue weighted by Gasteiger charge is -2.37. The Morgan fingerprint density at radius 2 is 2.06 bits per heavy atom. The second-order valence-corrected chi connectivity index (χ2v) is 11.3. The van der Waals surface area contributed by atoms with E-state index in [1.54, 1.807) is 0 Å². The van der Waals surface area contributed by atoms with Gasteiger partial charge in [0.2, 0.25) is 0 Å². The Morgan fingerprint density at radius 1 is 1.19 bits per heavy atom. The highest BCUT2D eigenvalue weighted by Crippen LogP contribution is 2.35. The molecule has 3 aromatic heterocycles. The molecule has 0 unspecified atom stereocenters. The van der Waals surface area contributed by atoms with Crippen LogP contribution in [0.1, 0.15) is 56.5 Å². The van der Waals surface area contributed by atoms with E-state index in [-0.39, 0.29) is 5.92 Å². The molecule has 0 spiro atoms. The maximum Gasteiger partial charge on any atom is 0.140 e. The van der Waals surface area contributed by atoms with Gasteiger partial charge >= 0.3 is 0 Å². The number of hydrogen-bond donors (Lipinski definition) is 1. The lowest BCUT2D eigenvalue weighted by Crippen LogP contribution is -2.45. The van der Waals surface area contributed by atoms with Gasteiger partial charge in [-0.25, -0.2) is 9.98 Å². The summed E-state index contributed by atoms with van der Waals surface area (Å²) in [4.78, 5) is 17.2. The van der Waals surface area contributed by atoms with E-state index < -0.39 is 0 Å². The summed E-state index contributed by atoms with van der Waals surface area (Å²) in [6.45, 7) is 15.3. The summed E-state index contributed by atoms with van der Waals surface area (Å²) >= 11 is 0. The number of piperidine rings is 1. The highest BCUT2D eigenvalue weighted by atomic mass is 15.2. The number of pyridine rings is 2. The Kier molecular flexibility index (Phi) is 6.16. The fraction of sp³-hybridized carbons (Fsp3) is 0.500. The van der Waals surface area contributed by atoms with Gasteiger partial charge in [0.25, 0.3) is 0 Å². The zero-order valence-electron chi connectivity index (χ0n) is 21.9. The summed E-state index contributed by atoms with van der Waals surface area (Å²) in [5, 5.41) is 4.86. The molecule has 1 N–H and O–H groups in total. The predicted octanol–water partition coefficient (Wildman–Crippen LogP) is 5.58. The van der Waals surface area contributed by atoms with Crippen LogP contribution in [0.5, 0.6) is 0 Å². The Labute approximate surface area is 214 Å². The van der Waals surface area contributed by atoms with Gasteiger partial charge in [-0.15, -0.1) is 0 Å². The van der Waals surface area contributed by atoms with Gasteiger partial charge in [-0.05, 0) is 81.2 Å². The largest absolute Gasteiger partial charge is 0.370 e. The van der Waals surface area contributed by atoms with Crippen LogP contribution >= 0.6 is 0 Å². The van der Waals surface area contributed by atoms with Crippen molar-refractivity contribution in [1.82, 2.24) is 24.8 Å². The van der Waals surface area contributed by atoms with Crippen molar-refractivity contribution in [3.05, 3.63) is 60.2 Å². The van der Waals surface area contributed by atoms with Gasteiger partial charge in [0.05, 0.1) is 22.8 Å². The molecule has 6 rings (SSSR count). The van der Waals surface area contributed by atoms with Gasteiger partial charge in [0.15, 0.2) is 0 Å². The van der Waals surface area contributed by atoms with Crippen LogP contribution in [0.15, 0.2) is 48.2 Å². The molecule has 6 nitrogen and oxygen atoms in total. The number of aromatic nitrogens is 3. The van der Waals surface area contributed by atoms with Crippen molar-refractivity contribution in [2.75, 3.05) is 19.6 Å². The van der Waals surface area contributed by atoms with Crippen LogP contribution in [0.25, 0.3) is 16.7 Å². The van der Waals surface area contributed by atoms with Crippen LogP contribution in [0.4, 0.5) is 5.69 Å². The van der Waals surface area contributed by atoms with Crippen LogP contribution in [-0.4, -0.2) is 50.8 Å². The molecule has 188 valence electrons. The zero-order valence-corrected chi connectivity index (χ0v) is 21.9. The molecule has 3 fully saturated rings. The number of nitrogens with zero attached hydrogens (tertiary/aromatic N) is 5. The normalized spacial score (nSPS) is 22.4. The second-order valence-electron chi connectivity index (χ2n) is 11.3. The lowest BCUT2D eigenvalue weighted by atomic mass is 9.92. The van der Waals surface area contributed by atoms with E-state index in [9.17, 15) is 0 Å². The average Bonchev–Trinajstić information content (AvgIpc) is 3.45. The Morgan fingerprint density at radius 3 is 2.86 bits per heavy atom. The van der Waals surface area contributed by atoms with Crippen molar-refractivity contribution < 1.29 is 0 Å². The number of rotatable bonds is 7. The third-order valence-corrected chi connectivity index (χ3v) is 8.30. The Balaban J connectivity index is 1.35.